The van der Waals surface area contributed by atoms with E-state index in [1.165, 1.54) is 32.1 Å². The molecule has 9 heteroatoms. The largest absolute Gasteiger partial charge is 0.493 e. The van der Waals surface area contributed by atoms with E-state index in [1.807, 2.05) is 25.8 Å². The van der Waals surface area contributed by atoms with Gasteiger partial charge in [0, 0.05) is 65.0 Å². The summed E-state index contributed by atoms with van der Waals surface area (Å²) in [5.41, 5.74) is 0.591. The van der Waals surface area contributed by atoms with Crippen LogP contribution in [0.15, 0.2) is 18.2 Å². The van der Waals surface area contributed by atoms with Crippen molar-refractivity contribution in [2.24, 2.45) is 5.92 Å². The molecule has 0 bridgehead atoms. The summed E-state index contributed by atoms with van der Waals surface area (Å²) in [7, 11) is 6.97. The Balaban J connectivity index is 0.000000276. The van der Waals surface area contributed by atoms with Gasteiger partial charge in [0.05, 0.1) is 20.3 Å². The molecule has 2 fully saturated rings. The Hall–Kier alpha value is -2.36. The van der Waals surface area contributed by atoms with Crippen LogP contribution in [-0.2, 0) is 9.53 Å². The third kappa shape index (κ3) is 11.7. The van der Waals surface area contributed by atoms with Gasteiger partial charge < -0.3 is 34.6 Å². The Bertz CT molecular complexity index is 854. The number of likely N-dealkylation sites (N-methyl/N-ethyl adjacent to an activating group) is 1. The van der Waals surface area contributed by atoms with Crippen molar-refractivity contribution in [3.05, 3.63) is 23.8 Å². The molecule has 3 rings (SSSR count). The fraction of sp³-hybridized carbons (Fsp3) is 0.733. The van der Waals surface area contributed by atoms with Crippen LogP contribution in [0.2, 0.25) is 0 Å². The van der Waals surface area contributed by atoms with E-state index in [2.05, 4.69) is 10.6 Å². The molecule has 1 saturated heterocycles. The first-order valence-electron chi connectivity index (χ1n) is 14.5. The molecule has 9 nitrogen and oxygen atoms in total. The normalized spacial score (nSPS) is 17.4. The van der Waals surface area contributed by atoms with Crippen LogP contribution in [0.1, 0.15) is 69.2 Å². The second kappa shape index (κ2) is 18.1. The Morgan fingerprint density at radius 3 is 2.41 bits per heavy atom. The maximum atomic E-state index is 12.3. The first-order valence-corrected chi connectivity index (χ1v) is 14.5. The Kier molecular flexibility index (Phi) is 15.2. The maximum Gasteiger partial charge on any atom is 0.253 e. The van der Waals surface area contributed by atoms with Crippen LogP contribution in [0.25, 0.3) is 0 Å². The van der Waals surface area contributed by atoms with Crippen molar-refractivity contribution in [1.82, 2.24) is 20.4 Å². The van der Waals surface area contributed by atoms with E-state index >= 15 is 0 Å². The molecule has 1 unspecified atom stereocenters. The summed E-state index contributed by atoms with van der Waals surface area (Å²) in [6.07, 6.45) is 8.60. The predicted molar refractivity (Wildman–Crippen MR) is 156 cm³/mol. The number of nitrogens with zero attached hydrogens (tertiary/aromatic N) is 2. The number of carbonyl (C=O) groups excluding carboxylic acids is 2. The number of carbonyl (C=O) groups is 2. The Labute approximate surface area is 235 Å². The van der Waals surface area contributed by atoms with Gasteiger partial charge in [-0.1, -0.05) is 19.3 Å². The minimum absolute atomic E-state index is 0.0330. The van der Waals surface area contributed by atoms with Crippen LogP contribution in [0.3, 0.4) is 0 Å². The average Bonchev–Trinajstić information content (AvgIpc) is 3.47. The first kappa shape index (κ1) is 32.8. The highest BCUT2D eigenvalue weighted by molar-refractivity contribution is 5.95. The van der Waals surface area contributed by atoms with Gasteiger partial charge in [-0.15, -0.1) is 0 Å². The van der Waals surface area contributed by atoms with E-state index in [0.29, 0.717) is 42.9 Å². The number of hydrogen-bond donors (Lipinski definition) is 2. The second-order valence-corrected chi connectivity index (χ2v) is 10.9. The van der Waals surface area contributed by atoms with Crippen LogP contribution in [-0.4, -0.2) is 101 Å². The molecule has 1 aromatic carbocycles. The van der Waals surface area contributed by atoms with Crippen LogP contribution < -0.4 is 20.1 Å². The molecule has 1 heterocycles. The molecular formula is C30H52N4O5. The van der Waals surface area contributed by atoms with E-state index in [9.17, 15) is 9.59 Å². The van der Waals surface area contributed by atoms with Gasteiger partial charge in [0.25, 0.3) is 5.91 Å². The zero-order valence-corrected chi connectivity index (χ0v) is 25.1. The molecule has 222 valence electrons. The lowest BCUT2D eigenvalue weighted by Crippen LogP contribution is -2.42. The summed E-state index contributed by atoms with van der Waals surface area (Å²) in [6.45, 7) is 8.62. The minimum Gasteiger partial charge on any atom is -0.493 e. The van der Waals surface area contributed by atoms with Crippen molar-refractivity contribution in [3.63, 3.8) is 0 Å². The number of hydrogen-bond acceptors (Lipinski definition) is 7. The quantitative estimate of drug-likeness (QED) is 0.364. The Morgan fingerprint density at radius 1 is 1.05 bits per heavy atom. The number of benzene rings is 1. The van der Waals surface area contributed by atoms with Crippen LogP contribution in [0.5, 0.6) is 11.5 Å². The van der Waals surface area contributed by atoms with Gasteiger partial charge >= 0.3 is 0 Å². The molecule has 0 aromatic heterocycles. The zero-order chi connectivity index (χ0) is 28.6. The van der Waals surface area contributed by atoms with Gasteiger partial charge in [0.2, 0.25) is 5.91 Å². The zero-order valence-electron chi connectivity index (χ0n) is 25.1. The molecule has 1 aromatic rings. The summed E-state index contributed by atoms with van der Waals surface area (Å²) >= 11 is 0. The topological polar surface area (TPSA) is 92.4 Å². The number of nitrogens with one attached hydrogen (secondary N) is 2. The van der Waals surface area contributed by atoms with Crippen molar-refractivity contribution < 1.29 is 23.8 Å². The summed E-state index contributed by atoms with van der Waals surface area (Å²) in [5, 5.41) is 6.65. The molecule has 1 aliphatic heterocycles. The van der Waals surface area contributed by atoms with E-state index in [1.54, 1.807) is 44.4 Å². The Morgan fingerprint density at radius 2 is 1.79 bits per heavy atom. The van der Waals surface area contributed by atoms with E-state index in [4.69, 9.17) is 14.2 Å². The molecule has 0 radical (unpaired) electrons. The fourth-order valence-electron chi connectivity index (χ4n) is 4.80. The van der Waals surface area contributed by atoms with Crippen LogP contribution >= 0.6 is 0 Å². The number of ether oxygens (including phenoxy) is 3. The highest BCUT2D eigenvalue weighted by Gasteiger charge is 2.20. The molecule has 2 N–H and O–H groups in total. The second-order valence-electron chi connectivity index (χ2n) is 10.9. The molecule has 2 amide bonds. The van der Waals surface area contributed by atoms with Crippen molar-refractivity contribution in [2.45, 2.75) is 70.9 Å². The minimum atomic E-state index is -0.0330. The maximum absolute atomic E-state index is 12.3. The average molecular weight is 549 g/mol. The van der Waals surface area contributed by atoms with E-state index in [-0.39, 0.29) is 17.9 Å². The SMILES string of the molecule is CN(CC1CCCCC1)C(=O)CNC1CCNC1.COCCCOc1cc(C(=O)N(C)C(C)C)ccc1OC. The van der Waals surface area contributed by atoms with Crippen molar-refractivity contribution >= 4 is 11.8 Å². The van der Waals surface area contributed by atoms with Crippen molar-refractivity contribution in [2.75, 3.05) is 67.7 Å². The summed E-state index contributed by atoms with van der Waals surface area (Å²) in [6, 6.07) is 5.87. The molecular weight excluding hydrogens is 496 g/mol. The van der Waals surface area contributed by atoms with Gasteiger partial charge in [-0.25, -0.2) is 0 Å². The van der Waals surface area contributed by atoms with Crippen molar-refractivity contribution in [3.8, 4) is 11.5 Å². The molecule has 1 atom stereocenters. The third-order valence-corrected chi connectivity index (χ3v) is 7.54. The number of amides is 2. The highest BCUT2D eigenvalue weighted by atomic mass is 16.5. The summed E-state index contributed by atoms with van der Waals surface area (Å²) < 4.78 is 15.9. The lowest BCUT2D eigenvalue weighted by molar-refractivity contribution is -0.129. The first-order chi connectivity index (χ1) is 18.8. The van der Waals surface area contributed by atoms with Gasteiger partial charge in [0.1, 0.15) is 0 Å². The molecule has 1 aliphatic carbocycles. The number of rotatable bonds is 13. The molecule has 0 spiro atoms. The fourth-order valence-corrected chi connectivity index (χ4v) is 4.80. The van der Waals surface area contributed by atoms with E-state index < -0.39 is 0 Å². The number of methoxy groups -OCH3 is 2. The van der Waals surface area contributed by atoms with Crippen LogP contribution in [0, 0.1) is 5.92 Å². The smallest absolute Gasteiger partial charge is 0.253 e. The van der Waals surface area contributed by atoms with Gasteiger partial charge in [-0.2, -0.15) is 0 Å². The van der Waals surface area contributed by atoms with Gasteiger partial charge in [-0.05, 0) is 63.8 Å². The molecule has 2 aliphatic rings. The summed E-state index contributed by atoms with van der Waals surface area (Å²) in [4.78, 5) is 28.0. The summed E-state index contributed by atoms with van der Waals surface area (Å²) in [5.74, 6) is 2.15. The highest BCUT2D eigenvalue weighted by Crippen LogP contribution is 2.29. The lowest BCUT2D eigenvalue weighted by atomic mass is 9.89. The van der Waals surface area contributed by atoms with Crippen LogP contribution in [0.4, 0.5) is 0 Å². The van der Waals surface area contributed by atoms with Gasteiger partial charge in [0.15, 0.2) is 11.5 Å². The van der Waals surface area contributed by atoms with Gasteiger partial charge in [-0.3, -0.25) is 9.59 Å². The predicted octanol–water partition coefficient (Wildman–Crippen LogP) is 3.57. The molecule has 1 saturated carbocycles. The van der Waals surface area contributed by atoms with E-state index in [0.717, 1.165) is 38.4 Å². The lowest BCUT2D eigenvalue weighted by Gasteiger charge is -2.27. The van der Waals surface area contributed by atoms with Crippen molar-refractivity contribution in [1.29, 1.82) is 0 Å². The standard InChI is InChI=1S/C16H25NO4.C14H27N3O/c1-12(2)17(3)16(18)13-7-8-14(20-5)15(11-13)21-10-6-9-19-4;1-17(11-12-5-3-2-4-6-12)14(18)10-16-13-7-8-15-9-13/h7-8,11-12H,6,9-10H2,1-5H3;12-13,15-16H,2-11H2,1H3. The third-order valence-electron chi connectivity index (χ3n) is 7.54. The monoisotopic (exact) mass is 548 g/mol. The molecule has 39 heavy (non-hydrogen) atoms.